The number of hydrogen-bond acceptors (Lipinski definition) is 1. The second kappa shape index (κ2) is 4.86. The summed E-state index contributed by atoms with van der Waals surface area (Å²) in [6, 6.07) is 8.47. The highest BCUT2D eigenvalue weighted by Gasteiger charge is 2.13. The zero-order valence-corrected chi connectivity index (χ0v) is 10.7. The first-order valence-electron chi connectivity index (χ1n) is 5.03. The first-order valence-corrected chi connectivity index (χ1v) is 5.78. The van der Waals surface area contributed by atoms with Crippen LogP contribution in [0.25, 0.3) is 0 Å². The number of ketones is 1. The minimum absolute atomic E-state index is 0.0697. The van der Waals surface area contributed by atoms with Crippen LogP contribution in [0.3, 0.4) is 0 Å². The summed E-state index contributed by atoms with van der Waals surface area (Å²) >= 11 is 11.7. The van der Waals surface area contributed by atoms with Crippen molar-refractivity contribution in [1.82, 2.24) is 0 Å². The molecule has 2 nitrogen and oxygen atoms in total. The smallest absolute Gasteiger partial charge is 0.199 e. The molecule has 1 aromatic heterocycles. The van der Waals surface area contributed by atoms with E-state index in [1.165, 1.54) is 0 Å². The molecular formula is C13H10Cl2NO+. The fourth-order valence-electron chi connectivity index (χ4n) is 1.53. The molecule has 1 aromatic carbocycles. The summed E-state index contributed by atoms with van der Waals surface area (Å²) in [5, 5.41) is 0.833. The van der Waals surface area contributed by atoms with Crippen LogP contribution >= 0.6 is 23.2 Å². The maximum atomic E-state index is 12.1. The van der Waals surface area contributed by atoms with E-state index in [0.717, 1.165) is 0 Å². The minimum Gasteiger partial charge on any atom is -0.288 e. The Kier molecular flexibility index (Phi) is 3.46. The van der Waals surface area contributed by atoms with Gasteiger partial charge < -0.3 is 0 Å². The Balaban J connectivity index is 2.40. The molecule has 1 heterocycles. The van der Waals surface area contributed by atoms with E-state index in [-0.39, 0.29) is 5.78 Å². The predicted molar refractivity (Wildman–Crippen MR) is 67.5 cm³/mol. The van der Waals surface area contributed by atoms with Crippen molar-refractivity contribution in [2.24, 2.45) is 7.05 Å². The maximum absolute atomic E-state index is 12.1. The number of nitrogens with zero attached hydrogens (tertiary/aromatic N) is 1. The quantitative estimate of drug-likeness (QED) is 0.605. The van der Waals surface area contributed by atoms with E-state index < -0.39 is 0 Å². The van der Waals surface area contributed by atoms with Crippen molar-refractivity contribution in [3.8, 4) is 0 Å². The standard InChI is InChI=1S/C13H10Cl2NO/c1-16-6-2-3-10(8-16)13(17)9-4-5-11(14)12(15)7-9/h2-8H,1H3/q+1. The molecule has 0 bridgehead atoms. The Bertz CT molecular complexity index is 581. The van der Waals surface area contributed by atoms with Gasteiger partial charge in [-0.1, -0.05) is 23.2 Å². The van der Waals surface area contributed by atoms with E-state index in [9.17, 15) is 4.79 Å². The lowest BCUT2D eigenvalue weighted by atomic mass is 10.1. The van der Waals surface area contributed by atoms with Gasteiger partial charge in [-0.15, -0.1) is 0 Å². The van der Waals surface area contributed by atoms with Crippen LogP contribution in [0.4, 0.5) is 0 Å². The molecule has 4 heteroatoms. The maximum Gasteiger partial charge on any atom is 0.199 e. The molecule has 0 amide bonds. The number of carbonyl (C=O) groups excluding carboxylic acids is 1. The van der Waals surface area contributed by atoms with Crippen LogP contribution in [0.2, 0.25) is 10.0 Å². The number of rotatable bonds is 2. The zero-order chi connectivity index (χ0) is 12.4. The third-order valence-corrected chi connectivity index (χ3v) is 3.12. The van der Waals surface area contributed by atoms with Gasteiger partial charge in [-0.05, 0) is 24.3 Å². The van der Waals surface area contributed by atoms with Crippen molar-refractivity contribution in [2.75, 3.05) is 0 Å². The highest BCUT2D eigenvalue weighted by atomic mass is 35.5. The first-order chi connectivity index (χ1) is 8.08. The number of aromatic nitrogens is 1. The van der Waals surface area contributed by atoms with Crippen molar-refractivity contribution in [3.63, 3.8) is 0 Å². The average Bonchev–Trinajstić information content (AvgIpc) is 2.32. The Morgan fingerprint density at radius 1 is 1.12 bits per heavy atom. The molecule has 0 spiro atoms. The van der Waals surface area contributed by atoms with E-state index in [4.69, 9.17) is 23.2 Å². The third-order valence-electron chi connectivity index (χ3n) is 2.38. The van der Waals surface area contributed by atoms with E-state index in [1.807, 2.05) is 23.9 Å². The summed E-state index contributed by atoms with van der Waals surface area (Å²) in [5.74, 6) is -0.0697. The van der Waals surface area contributed by atoms with Crippen molar-refractivity contribution in [1.29, 1.82) is 0 Å². The van der Waals surface area contributed by atoms with Crippen molar-refractivity contribution in [3.05, 3.63) is 63.9 Å². The highest BCUT2D eigenvalue weighted by molar-refractivity contribution is 6.42. The summed E-state index contributed by atoms with van der Waals surface area (Å²) in [6.07, 6.45) is 3.64. The monoisotopic (exact) mass is 266 g/mol. The minimum atomic E-state index is -0.0697. The Labute approximate surface area is 109 Å². The van der Waals surface area contributed by atoms with E-state index in [1.54, 1.807) is 30.5 Å². The van der Waals surface area contributed by atoms with Gasteiger partial charge in [0.05, 0.1) is 15.6 Å². The van der Waals surface area contributed by atoms with E-state index >= 15 is 0 Å². The molecule has 2 rings (SSSR count). The molecule has 2 aromatic rings. The van der Waals surface area contributed by atoms with Crippen LogP contribution in [-0.2, 0) is 7.05 Å². The van der Waals surface area contributed by atoms with Crippen LogP contribution in [0, 0.1) is 0 Å². The van der Waals surface area contributed by atoms with Gasteiger partial charge in [0.15, 0.2) is 18.2 Å². The Hall–Kier alpha value is -1.38. The first kappa shape index (κ1) is 12.1. The van der Waals surface area contributed by atoms with Crippen molar-refractivity contribution >= 4 is 29.0 Å². The van der Waals surface area contributed by atoms with Gasteiger partial charge in [0, 0.05) is 11.6 Å². The molecular weight excluding hydrogens is 257 g/mol. The normalized spacial score (nSPS) is 10.3. The van der Waals surface area contributed by atoms with Crippen LogP contribution in [-0.4, -0.2) is 5.78 Å². The van der Waals surface area contributed by atoms with Crippen LogP contribution < -0.4 is 4.57 Å². The molecule has 0 aliphatic heterocycles. The molecule has 0 saturated heterocycles. The molecule has 0 fully saturated rings. The second-order valence-electron chi connectivity index (χ2n) is 3.72. The number of hydrogen-bond donors (Lipinski definition) is 0. The van der Waals surface area contributed by atoms with Gasteiger partial charge in [0.1, 0.15) is 7.05 Å². The molecule has 0 radical (unpaired) electrons. The lowest BCUT2D eigenvalue weighted by Gasteiger charge is -2.01. The molecule has 0 atom stereocenters. The molecule has 17 heavy (non-hydrogen) atoms. The molecule has 86 valence electrons. The van der Waals surface area contributed by atoms with Crippen LogP contribution in [0.1, 0.15) is 15.9 Å². The van der Waals surface area contributed by atoms with Crippen molar-refractivity contribution in [2.45, 2.75) is 0 Å². The van der Waals surface area contributed by atoms with Gasteiger partial charge in [0.2, 0.25) is 0 Å². The van der Waals surface area contributed by atoms with Gasteiger partial charge in [0.25, 0.3) is 0 Å². The average molecular weight is 267 g/mol. The molecule has 0 aliphatic carbocycles. The van der Waals surface area contributed by atoms with Crippen molar-refractivity contribution < 1.29 is 9.36 Å². The molecule has 0 N–H and O–H groups in total. The zero-order valence-electron chi connectivity index (χ0n) is 9.15. The summed E-state index contributed by atoms with van der Waals surface area (Å²) < 4.78 is 1.82. The fourth-order valence-corrected chi connectivity index (χ4v) is 1.82. The molecule has 0 saturated carbocycles. The third kappa shape index (κ3) is 2.65. The van der Waals surface area contributed by atoms with E-state index in [2.05, 4.69) is 0 Å². The number of carbonyl (C=O) groups is 1. The molecule has 0 aliphatic rings. The summed E-state index contributed by atoms with van der Waals surface area (Å²) in [5.41, 5.74) is 1.15. The Morgan fingerprint density at radius 2 is 1.88 bits per heavy atom. The number of benzene rings is 1. The van der Waals surface area contributed by atoms with E-state index in [0.29, 0.717) is 21.2 Å². The van der Waals surface area contributed by atoms with Gasteiger partial charge >= 0.3 is 0 Å². The summed E-state index contributed by atoms with van der Waals surface area (Å²) in [6.45, 7) is 0. The predicted octanol–water partition coefficient (Wildman–Crippen LogP) is 3.05. The Morgan fingerprint density at radius 3 is 2.53 bits per heavy atom. The van der Waals surface area contributed by atoms with Gasteiger partial charge in [-0.25, -0.2) is 4.57 Å². The topological polar surface area (TPSA) is 20.9 Å². The number of pyridine rings is 1. The van der Waals surface area contributed by atoms with Gasteiger partial charge in [-0.3, -0.25) is 4.79 Å². The molecule has 0 unspecified atom stereocenters. The van der Waals surface area contributed by atoms with Crippen LogP contribution in [0.15, 0.2) is 42.7 Å². The second-order valence-corrected chi connectivity index (χ2v) is 4.53. The summed E-state index contributed by atoms with van der Waals surface area (Å²) in [4.78, 5) is 12.1. The largest absolute Gasteiger partial charge is 0.288 e. The number of aryl methyl sites for hydroxylation is 1. The van der Waals surface area contributed by atoms with Gasteiger partial charge in [-0.2, -0.15) is 0 Å². The lowest BCUT2D eigenvalue weighted by Crippen LogP contribution is -2.27. The highest BCUT2D eigenvalue weighted by Crippen LogP contribution is 2.23. The lowest BCUT2D eigenvalue weighted by molar-refractivity contribution is -0.671. The fraction of sp³-hybridized carbons (Fsp3) is 0.0769. The summed E-state index contributed by atoms with van der Waals surface area (Å²) in [7, 11) is 1.87. The van der Waals surface area contributed by atoms with Crippen LogP contribution in [0.5, 0.6) is 0 Å². The SMILES string of the molecule is C[n+]1cccc(C(=O)c2ccc(Cl)c(Cl)c2)c1. The number of halogens is 2.